The van der Waals surface area contributed by atoms with Crippen molar-refractivity contribution in [3.8, 4) is 0 Å². The Morgan fingerprint density at radius 1 is 1.00 bits per heavy atom. The molecule has 1 fully saturated rings. The van der Waals surface area contributed by atoms with Crippen molar-refractivity contribution in [2.75, 3.05) is 35.0 Å². The van der Waals surface area contributed by atoms with Crippen LogP contribution in [-0.2, 0) is 54.4 Å². The van der Waals surface area contributed by atoms with Gasteiger partial charge in [0.05, 0.1) is 12.9 Å². The van der Waals surface area contributed by atoms with Crippen LogP contribution in [0.5, 0.6) is 0 Å². The molecule has 1 saturated heterocycles. The molecular weight excluding hydrogens is 428 g/mol. The molecule has 0 aliphatic carbocycles. The molecule has 158 valence electrons. The Morgan fingerprint density at radius 3 is 2.00 bits per heavy atom. The summed E-state index contributed by atoms with van der Waals surface area (Å²) in [5.74, 6) is 0. The summed E-state index contributed by atoms with van der Waals surface area (Å²) >= 11 is 0. The van der Waals surface area contributed by atoms with E-state index in [0.29, 0.717) is 6.42 Å². The van der Waals surface area contributed by atoms with Crippen molar-refractivity contribution in [3.05, 3.63) is 12.8 Å². The average Bonchev–Trinajstić information content (AvgIpc) is 2.99. The molecule has 0 amide bonds. The summed E-state index contributed by atoms with van der Waals surface area (Å²) in [5, 5.41) is 0. The Morgan fingerprint density at radius 2 is 1.52 bits per heavy atom. The predicted molar refractivity (Wildman–Crippen MR) is 95.9 cm³/mol. The maximum Gasteiger partial charge on any atom is 0.492 e. The second-order valence-electron chi connectivity index (χ2n) is 5.09. The molecule has 5 atom stereocenters. The normalized spacial score (nSPS) is 27.6. The summed E-state index contributed by atoms with van der Waals surface area (Å²) in [6.07, 6.45) is 0.807. The highest BCUT2D eigenvalue weighted by Crippen LogP contribution is 2.72. The van der Waals surface area contributed by atoms with Crippen LogP contribution in [0.3, 0.4) is 0 Å². The molecule has 0 spiro atoms. The van der Waals surface area contributed by atoms with Crippen molar-refractivity contribution in [1.29, 1.82) is 0 Å². The molecule has 0 bridgehead atoms. The van der Waals surface area contributed by atoms with Crippen molar-refractivity contribution in [1.82, 2.24) is 0 Å². The van der Waals surface area contributed by atoms with E-state index in [1.165, 1.54) is 6.26 Å². The Bertz CT molecular complexity index is 622. The highest BCUT2D eigenvalue weighted by atomic mass is 31.3. The molecule has 0 aromatic carbocycles. The van der Waals surface area contributed by atoms with E-state index >= 15 is 0 Å². The second kappa shape index (κ2) is 10.7. The zero-order chi connectivity index (χ0) is 20.7. The maximum absolute atomic E-state index is 12.6. The molecule has 1 aliphatic rings. The lowest BCUT2D eigenvalue weighted by Crippen LogP contribution is -2.27. The second-order valence-corrected chi connectivity index (χ2v) is 10.8. The Hall–Kier alpha value is -0.0251. The van der Waals surface area contributed by atoms with Crippen molar-refractivity contribution in [2.45, 2.75) is 24.6 Å². The van der Waals surface area contributed by atoms with E-state index in [9.17, 15) is 13.7 Å². The standard InChI is InChI=1S/C11H24BO12P3/c1-6-20-9-7-11(12)22-10(9)8-21-26(14,18-4)24-27(15,19-5)23-25(13,16-2)17-3/h6,9-11H,1,7-8,12H2,2-5H3/t9?,10-,11-,26?,27?/m1/s1. The third-order valence-corrected chi connectivity index (χ3v) is 8.80. The van der Waals surface area contributed by atoms with Gasteiger partial charge < -0.3 is 9.47 Å². The Balaban J connectivity index is 2.84. The highest BCUT2D eigenvalue weighted by Gasteiger charge is 2.46. The molecule has 3 unspecified atom stereocenters. The van der Waals surface area contributed by atoms with Crippen molar-refractivity contribution in [3.63, 3.8) is 0 Å². The van der Waals surface area contributed by atoms with E-state index in [2.05, 4.69) is 24.5 Å². The summed E-state index contributed by atoms with van der Waals surface area (Å²) in [6.45, 7) is 3.19. The van der Waals surface area contributed by atoms with Gasteiger partial charge in [-0.05, 0) is 0 Å². The predicted octanol–water partition coefficient (Wildman–Crippen LogP) is 2.22. The lowest BCUT2D eigenvalue weighted by atomic mass is 9.96. The van der Waals surface area contributed by atoms with Crippen LogP contribution >= 0.6 is 23.5 Å². The van der Waals surface area contributed by atoms with Crippen LogP contribution in [0, 0.1) is 0 Å². The minimum atomic E-state index is -4.71. The van der Waals surface area contributed by atoms with Gasteiger partial charge in [-0.25, -0.2) is 13.7 Å². The Labute approximate surface area is 159 Å². The van der Waals surface area contributed by atoms with Gasteiger partial charge in [0.15, 0.2) is 0 Å². The van der Waals surface area contributed by atoms with Crippen LogP contribution < -0.4 is 0 Å². The number of hydrogen-bond donors (Lipinski definition) is 0. The van der Waals surface area contributed by atoms with Crippen LogP contribution in [0.4, 0.5) is 0 Å². The minimum Gasteiger partial charge on any atom is -0.496 e. The summed E-state index contributed by atoms with van der Waals surface area (Å²) in [7, 11) is -7.78. The first kappa shape index (κ1) is 25.0. The molecule has 0 aromatic rings. The number of hydrogen-bond acceptors (Lipinski definition) is 12. The van der Waals surface area contributed by atoms with E-state index < -0.39 is 35.7 Å². The monoisotopic (exact) mass is 452 g/mol. The van der Waals surface area contributed by atoms with Gasteiger partial charge in [-0.2, -0.15) is 8.62 Å². The highest BCUT2D eigenvalue weighted by molar-refractivity contribution is 7.67. The lowest BCUT2D eigenvalue weighted by Gasteiger charge is -2.24. The molecule has 1 rings (SSSR count). The molecule has 16 heteroatoms. The first-order chi connectivity index (χ1) is 12.6. The summed E-state index contributed by atoms with van der Waals surface area (Å²) in [6, 6.07) is -0.130. The SMILES string of the molecule is B[C@H]1CC(OC=C)[C@@H](COP(=O)(OC)OP(=O)(OC)OP(=O)(OC)OC)O1. The van der Waals surface area contributed by atoms with Gasteiger partial charge in [0.2, 0.25) is 0 Å². The van der Waals surface area contributed by atoms with Gasteiger partial charge in [0.25, 0.3) is 0 Å². The van der Waals surface area contributed by atoms with Crippen LogP contribution in [0.2, 0.25) is 0 Å². The summed E-state index contributed by atoms with van der Waals surface area (Å²) in [5.41, 5.74) is 0. The lowest BCUT2D eigenvalue weighted by molar-refractivity contribution is -0.0103. The largest absolute Gasteiger partial charge is 0.496 e. The van der Waals surface area contributed by atoms with Crippen LogP contribution in [-0.4, -0.2) is 61.1 Å². The average molecular weight is 452 g/mol. The number of phosphoric ester groups is 2. The maximum atomic E-state index is 12.6. The van der Waals surface area contributed by atoms with Gasteiger partial charge in [0.1, 0.15) is 20.1 Å². The summed E-state index contributed by atoms with van der Waals surface area (Å²) < 4.78 is 80.8. The Kier molecular flexibility index (Phi) is 9.88. The van der Waals surface area contributed by atoms with Gasteiger partial charge in [-0.15, -0.1) is 0 Å². The molecule has 1 heterocycles. The summed E-state index contributed by atoms with van der Waals surface area (Å²) in [4.78, 5) is 0. The van der Waals surface area contributed by atoms with Gasteiger partial charge >= 0.3 is 23.5 Å². The fraction of sp³-hybridized carbons (Fsp3) is 0.818. The first-order valence-corrected chi connectivity index (χ1v) is 12.0. The van der Waals surface area contributed by atoms with Gasteiger partial charge in [0, 0.05) is 40.9 Å². The number of rotatable bonds is 13. The topological polar surface area (TPSA) is 134 Å². The smallest absolute Gasteiger partial charge is 0.492 e. The van der Waals surface area contributed by atoms with E-state index in [0.717, 1.165) is 28.4 Å². The quantitative estimate of drug-likeness (QED) is 0.230. The zero-order valence-electron chi connectivity index (χ0n) is 15.7. The molecule has 12 nitrogen and oxygen atoms in total. The van der Waals surface area contributed by atoms with Crippen molar-refractivity contribution >= 4 is 31.3 Å². The minimum absolute atomic E-state index is 0.130. The van der Waals surface area contributed by atoms with Crippen molar-refractivity contribution < 1.29 is 54.4 Å². The van der Waals surface area contributed by atoms with Gasteiger partial charge in [-0.3, -0.25) is 22.6 Å². The van der Waals surface area contributed by atoms with Crippen LogP contribution in [0.1, 0.15) is 6.42 Å². The third-order valence-electron chi connectivity index (χ3n) is 3.35. The molecule has 0 N–H and O–H groups in total. The molecule has 0 aromatic heterocycles. The van der Waals surface area contributed by atoms with E-state index in [-0.39, 0.29) is 12.6 Å². The molecule has 1 aliphatic heterocycles. The van der Waals surface area contributed by atoms with Gasteiger partial charge in [-0.1, -0.05) is 6.58 Å². The molecular formula is C11H24BO12P3. The first-order valence-electron chi connectivity index (χ1n) is 7.60. The number of phosphoric acid groups is 3. The zero-order valence-corrected chi connectivity index (χ0v) is 18.4. The number of ether oxygens (including phenoxy) is 2. The van der Waals surface area contributed by atoms with Crippen molar-refractivity contribution in [2.24, 2.45) is 0 Å². The molecule has 0 radical (unpaired) electrons. The fourth-order valence-corrected chi connectivity index (χ4v) is 6.53. The molecule has 0 saturated carbocycles. The van der Waals surface area contributed by atoms with E-state index in [1.807, 2.05) is 7.85 Å². The molecule has 27 heavy (non-hydrogen) atoms. The van der Waals surface area contributed by atoms with Crippen LogP contribution in [0.25, 0.3) is 0 Å². The van der Waals surface area contributed by atoms with E-state index in [4.69, 9.17) is 22.8 Å². The third kappa shape index (κ3) is 7.38. The van der Waals surface area contributed by atoms with E-state index in [1.54, 1.807) is 0 Å². The fourth-order valence-electron chi connectivity index (χ4n) is 2.08. The van der Waals surface area contributed by atoms with Crippen LogP contribution in [0.15, 0.2) is 12.8 Å².